The summed E-state index contributed by atoms with van der Waals surface area (Å²) in [7, 11) is 1.58. The lowest BCUT2D eigenvalue weighted by Crippen LogP contribution is -2.30. The van der Waals surface area contributed by atoms with Crippen molar-refractivity contribution < 1.29 is 19.4 Å². The van der Waals surface area contributed by atoms with E-state index in [1.165, 1.54) is 4.90 Å². The second-order valence-electron chi connectivity index (χ2n) is 8.29. The van der Waals surface area contributed by atoms with Crippen molar-refractivity contribution in [3.05, 3.63) is 113 Å². The molecule has 0 radical (unpaired) electrons. The number of aryl methyl sites for hydroxylation is 1. The number of benzene rings is 4. The molecule has 1 atom stereocenters. The molecule has 34 heavy (non-hydrogen) atoms. The number of carbonyl (C=O) groups excluding carboxylic acids is 2. The van der Waals surface area contributed by atoms with E-state index in [2.05, 4.69) is 0 Å². The van der Waals surface area contributed by atoms with Gasteiger partial charge in [0.2, 0.25) is 0 Å². The van der Waals surface area contributed by atoms with Crippen LogP contribution in [0.5, 0.6) is 5.75 Å². The van der Waals surface area contributed by atoms with E-state index in [1.807, 2.05) is 79.7 Å². The molecule has 4 aromatic carbocycles. The maximum absolute atomic E-state index is 13.4. The van der Waals surface area contributed by atoms with Crippen LogP contribution >= 0.6 is 0 Å². The number of anilines is 1. The average Bonchev–Trinajstić information content (AvgIpc) is 3.13. The molecule has 1 heterocycles. The first-order valence-electron chi connectivity index (χ1n) is 11.0. The standard InChI is InChI=1S/C29H23NO4/c1-18-7-3-6-10-24(18)30-26(20-13-15-23(34-2)16-14-20)25(28(32)29(30)33)27(31)22-12-11-19-8-4-5-9-21(19)17-22/h3-17,26,31H,1-2H3/b27-25-. The molecule has 1 unspecified atom stereocenters. The number of Topliss-reactive ketones (excluding diaryl/α,β-unsaturated/α-hetero) is 1. The van der Waals surface area contributed by atoms with Crippen molar-refractivity contribution in [2.24, 2.45) is 0 Å². The molecule has 0 aliphatic carbocycles. The zero-order chi connectivity index (χ0) is 23.8. The Balaban J connectivity index is 1.73. The summed E-state index contributed by atoms with van der Waals surface area (Å²) in [6, 6.07) is 27.1. The number of ether oxygens (including phenoxy) is 1. The quantitative estimate of drug-likeness (QED) is 0.244. The molecule has 4 aromatic rings. The number of hydrogen-bond donors (Lipinski definition) is 1. The summed E-state index contributed by atoms with van der Waals surface area (Å²) in [5, 5.41) is 13.3. The zero-order valence-electron chi connectivity index (χ0n) is 18.9. The summed E-state index contributed by atoms with van der Waals surface area (Å²) in [6.45, 7) is 1.89. The Hall–Kier alpha value is -4.38. The second kappa shape index (κ2) is 8.52. The minimum atomic E-state index is -0.779. The number of para-hydroxylation sites is 1. The van der Waals surface area contributed by atoms with E-state index in [9.17, 15) is 14.7 Å². The molecule has 1 saturated heterocycles. The van der Waals surface area contributed by atoms with E-state index in [4.69, 9.17) is 4.74 Å². The fourth-order valence-electron chi connectivity index (χ4n) is 4.51. The van der Waals surface area contributed by atoms with Gasteiger partial charge >= 0.3 is 0 Å². The SMILES string of the molecule is COc1ccc(C2/C(=C(/O)c3ccc4ccccc4c3)C(=O)C(=O)N2c2ccccc2C)cc1. The number of rotatable bonds is 4. The Labute approximate surface area is 197 Å². The predicted molar refractivity (Wildman–Crippen MR) is 133 cm³/mol. The molecule has 168 valence electrons. The van der Waals surface area contributed by atoms with Gasteiger partial charge in [-0.25, -0.2) is 0 Å². The van der Waals surface area contributed by atoms with Crippen molar-refractivity contribution in [1.82, 2.24) is 0 Å². The zero-order valence-corrected chi connectivity index (χ0v) is 18.9. The maximum Gasteiger partial charge on any atom is 0.300 e. The van der Waals surface area contributed by atoms with Crippen LogP contribution in [0.1, 0.15) is 22.7 Å². The number of carbonyl (C=O) groups is 2. The van der Waals surface area contributed by atoms with Crippen LogP contribution in [0.25, 0.3) is 16.5 Å². The molecule has 1 fully saturated rings. The molecule has 1 amide bonds. The predicted octanol–water partition coefficient (Wildman–Crippen LogP) is 5.78. The van der Waals surface area contributed by atoms with Gasteiger partial charge in [-0.3, -0.25) is 14.5 Å². The summed E-state index contributed by atoms with van der Waals surface area (Å²) in [6.07, 6.45) is 0. The highest BCUT2D eigenvalue weighted by Gasteiger charge is 2.47. The fourth-order valence-corrected chi connectivity index (χ4v) is 4.51. The first kappa shape index (κ1) is 21.5. The molecule has 0 spiro atoms. The molecule has 0 aromatic heterocycles. The molecule has 5 rings (SSSR count). The first-order chi connectivity index (χ1) is 16.5. The van der Waals surface area contributed by atoms with Crippen LogP contribution < -0.4 is 9.64 Å². The molecule has 0 saturated carbocycles. The van der Waals surface area contributed by atoms with E-state index in [-0.39, 0.29) is 11.3 Å². The van der Waals surface area contributed by atoms with Gasteiger partial charge in [0, 0.05) is 11.3 Å². The second-order valence-corrected chi connectivity index (χ2v) is 8.29. The number of fused-ring (bicyclic) bond motifs is 1. The van der Waals surface area contributed by atoms with Crippen LogP contribution in [0.15, 0.2) is 96.6 Å². The largest absolute Gasteiger partial charge is 0.507 e. The van der Waals surface area contributed by atoms with Crippen molar-refractivity contribution in [1.29, 1.82) is 0 Å². The lowest BCUT2D eigenvalue weighted by atomic mass is 9.94. The maximum atomic E-state index is 13.4. The Morgan fingerprint density at radius 3 is 2.24 bits per heavy atom. The molecule has 0 bridgehead atoms. The highest BCUT2D eigenvalue weighted by atomic mass is 16.5. The van der Waals surface area contributed by atoms with Gasteiger partial charge < -0.3 is 9.84 Å². The number of methoxy groups -OCH3 is 1. The van der Waals surface area contributed by atoms with Gasteiger partial charge in [-0.2, -0.15) is 0 Å². The van der Waals surface area contributed by atoms with Crippen LogP contribution in [-0.4, -0.2) is 23.9 Å². The average molecular weight is 450 g/mol. The third kappa shape index (κ3) is 3.52. The van der Waals surface area contributed by atoms with Crippen LogP contribution in [0, 0.1) is 6.92 Å². The summed E-state index contributed by atoms with van der Waals surface area (Å²) < 4.78 is 5.28. The fraction of sp³-hybridized carbons (Fsp3) is 0.103. The van der Waals surface area contributed by atoms with Crippen molar-refractivity contribution in [2.45, 2.75) is 13.0 Å². The Morgan fingerprint density at radius 2 is 1.53 bits per heavy atom. The van der Waals surface area contributed by atoms with Crippen LogP contribution in [0.3, 0.4) is 0 Å². The van der Waals surface area contributed by atoms with Crippen LogP contribution in [0.2, 0.25) is 0 Å². The number of aliphatic hydroxyl groups is 1. The van der Waals surface area contributed by atoms with Crippen LogP contribution in [0.4, 0.5) is 5.69 Å². The van der Waals surface area contributed by atoms with Crippen molar-refractivity contribution >= 4 is 33.9 Å². The third-order valence-electron chi connectivity index (χ3n) is 6.27. The van der Waals surface area contributed by atoms with Crippen molar-refractivity contribution in [2.75, 3.05) is 12.0 Å². The molecule has 1 aliphatic heterocycles. The molecule has 1 N–H and O–H groups in total. The van der Waals surface area contributed by atoms with E-state index in [0.29, 0.717) is 22.6 Å². The third-order valence-corrected chi connectivity index (χ3v) is 6.27. The number of amides is 1. The highest BCUT2D eigenvalue weighted by molar-refractivity contribution is 6.51. The monoisotopic (exact) mass is 449 g/mol. The van der Waals surface area contributed by atoms with E-state index in [1.54, 1.807) is 25.3 Å². The Morgan fingerprint density at radius 1 is 0.853 bits per heavy atom. The van der Waals surface area contributed by atoms with Gasteiger partial charge in [0.25, 0.3) is 11.7 Å². The summed E-state index contributed by atoms with van der Waals surface area (Å²) >= 11 is 0. The molecular weight excluding hydrogens is 426 g/mol. The number of hydrogen-bond acceptors (Lipinski definition) is 4. The lowest BCUT2D eigenvalue weighted by molar-refractivity contribution is -0.132. The van der Waals surface area contributed by atoms with Gasteiger partial charge in [-0.1, -0.05) is 66.7 Å². The smallest absolute Gasteiger partial charge is 0.300 e. The Bertz CT molecular complexity index is 1450. The minimum Gasteiger partial charge on any atom is -0.507 e. The van der Waals surface area contributed by atoms with Gasteiger partial charge in [-0.15, -0.1) is 0 Å². The van der Waals surface area contributed by atoms with Crippen molar-refractivity contribution in [3.8, 4) is 5.75 Å². The van der Waals surface area contributed by atoms with Gasteiger partial charge in [-0.05, 0) is 53.1 Å². The molecular formula is C29H23NO4. The first-order valence-corrected chi connectivity index (χ1v) is 11.0. The molecule has 1 aliphatic rings. The van der Waals surface area contributed by atoms with Crippen molar-refractivity contribution in [3.63, 3.8) is 0 Å². The lowest BCUT2D eigenvalue weighted by Gasteiger charge is -2.27. The number of aliphatic hydroxyl groups excluding tert-OH is 1. The van der Waals surface area contributed by atoms with Crippen LogP contribution in [-0.2, 0) is 9.59 Å². The normalized spacial score (nSPS) is 17.4. The number of ketones is 1. The molecule has 5 heteroatoms. The van der Waals surface area contributed by atoms with Gasteiger partial charge in [0.1, 0.15) is 11.5 Å². The minimum absolute atomic E-state index is 0.0636. The van der Waals surface area contributed by atoms with E-state index >= 15 is 0 Å². The number of nitrogens with zero attached hydrogens (tertiary/aromatic N) is 1. The van der Waals surface area contributed by atoms with Gasteiger partial charge in [0.05, 0.1) is 18.7 Å². The van der Waals surface area contributed by atoms with Gasteiger partial charge in [0.15, 0.2) is 0 Å². The topological polar surface area (TPSA) is 66.8 Å². The molecule has 5 nitrogen and oxygen atoms in total. The Kier molecular flexibility index (Phi) is 5.38. The van der Waals surface area contributed by atoms with E-state index < -0.39 is 17.7 Å². The highest BCUT2D eigenvalue weighted by Crippen LogP contribution is 2.43. The summed E-state index contributed by atoms with van der Waals surface area (Å²) in [5.74, 6) is -0.917. The van der Waals surface area contributed by atoms with E-state index in [0.717, 1.165) is 16.3 Å². The summed E-state index contributed by atoms with van der Waals surface area (Å²) in [5.41, 5.74) is 2.73. The summed E-state index contributed by atoms with van der Waals surface area (Å²) in [4.78, 5) is 28.2.